The summed E-state index contributed by atoms with van der Waals surface area (Å²) in [5.74, 6) is -1.35. The van der Waals surface area contributed by atoms with E-state index in [0.29, 0.717) is 25.8 Å². The number of hydrogen-bond donors (Lipinski definition) is 1. The molecule has 0 aromatic carbocycles. The number of carboxylic acids is 1. The van der Waals surface area contributed by atoms with Gasteiger partial charge in [-0.05, 0) is 37.5 Å². The molecule has 0 radical (unpaired) electrons. The summed E-state index contributed by atoms with van der Waals surface area (Å²) in [6.07, 6.45) is 4.87. The number of amides is 1. The van der Waals surface area contributed by atoms with Crippen molar-refractivity contribution in [2.45, 2.75) is 32.2 Å². The smallest absolute Gasteiger partial charge is 0.308 e. The van der Waals surface area contributed by atoms with E-state index in [1.807, 2.05) is 6.92 Å². The summed E-state index contributed by atoms with van der Waals surface area (Å²) in [5.41, 5.74) is 0.847. The van der Waals surface area contributed by atoms with Crippen LogP contribution in [0, 0.1) is 5.92 Å². The van der Waals surface area contributed by atoms with Crippen molar-refractivity contribution in [1.29, 1.82) is 0 Å². The third kappa shape index (κ3) is 2.75. The van der Waals surface area contributed by atoms with Gasteiger partial charge in [0.25, 0.3) is 0 Å². The maximum absolute atomic E-state index is 12.1. The zero-order valence-electron chi connectivity index (χ0n) is 11.0. The molecule has 1 saturated heterocycles. The van der Waals surface area contributed by atoms with Gasteiger partial charge in [-0.25, -0.2) is 0 Å². The van der Waals surface area contributed by atoms with E-state index < -0.39 is 11.9 Å². The Balaban J connectivity index is 2.44. The average Bonchev–Trinajstić information content (AvgIpc) is 2.58. The molecule has 5 nitrogen and oxygen atoms in total. The molecule has 0 bridgehead atoms. The van der Waals surface area contributed by atoms with Crippen molar-refractivity contribution in [3.05, 3.63) is 30.1 Å². The lowest BCUT2D eigenvalue weighted by Crippen LogP contribution is -2.38. The van der Waals surface area contributed by atoms with E-state index in [9.17, 15) is 14.7 Å². The van der Waals surface area contributed by atoms with Crippen LogP contribution >= 0.6 is 0 Å². The highest BCUT2D eigenvalue weighted by Crippen LogP contribution is 2.35. The van der Waals surface area contributed by atoms with Crippen molar-refractivity contribution >= 4 is 11.9 Å². The van der Waals surface area contributed by atoms with E-state index in [0.717, 1.165) is 5.56 Å². The second kappa shape index (κ2) is 5.82. The molecule has 1 aromatic rings. The van der Waals surface area contributed by atoms with Crippen molar-refractivity contribution < 1.29 is 14.7 Å². The van der Waals surface area contributed by atoms with Gasteiger partial charge in [0.2, 0.25) is 5.91 Å². The first-order valence-corrected chi connectivity index (χ1v) is 6.57. The van der Waals surface area contributed by atoms with Gasteiger partial charge in [-0.1, -0.05) is 0 Å². The van der Waals surface area contributed by atoms with Gasteiger partial charge in [-0.15, -0.1) is 0 Å². The first-order chi connectivity index (χ1) is 9.15. The molecule has 0 aliphatic carbocycles. The Morgan fingerprint density at radius 3 is 2.74 bits per heavy atom. The predicted octanol–water partition coefficient (Wildman–Crippen LogP) is 1.86. The van der Waals surface area contributed by atoms with Crippen LogP contribution in [0.3, 0.4) is 0 Å². The normalized spacial score (nSPS) is 24.1. The van der Waals surface area contributed by atoms with Gasteiger partial charge in [-0.3, -0.25) is 14.6 Å². The Labute approximate surface area is 112 Å². The fraction of sp³-hybridized carbons (Fsp3) is 0.500. The molecule has 5 heteroatoms. The van der Waals surface area contributed by atoms with Crippen molar-refractivity contribution in [3.8, 4) is 0 Å². The van der Waals surface area contributed by atoms with Gasteiger partial charge in [0.15, 0.2) is 0 Å². The number of pyridine rings is 1. The van der Waals surface area contributed by atoms with Crippen LogP contribution in [-0.4, -0.2) is 33.4 Å². The molecule has 1 N–H and O–H groups in total. The summed E-state index contributed by atoms with van der Waals surface area (Å²) in [5, 5.41) is 9.44. The summed E-state index contributed by atoms with van der Waals surface area (Å²) in [4.78, 5) is 29.3. The average molecular weight is 262 g/mol. The van der Waals surface area contributed by atoms with Gasteiger partial charge >= 0.3 is 5.97 Å². The lowest BCUT2D eigenvalue weighted by Gasteiger charge is -2.32. The van der Waals surface area contributed by atoms with E-state index in [4.69, 9.17) is 0 Å². The Hall–Kier alpha value is -1.91. The molecule has 0 spiro atoms. The lowest BCUT2D eigenvalue weighted by atomic mass is 9.90. The third-order valence-electron chi connectivity index (χ3n) is 3.65. The van der Waals surface area contributed by atoms with Crippen molar-refractivity contribution in [2.75, 3.05) is 6.54 Å². The second-order valence-corrected chi connectivity index (χ2v) is 4.74. The fourth-order valence-electron chi connectivity index (χ4n) is 2.75. The Bertz CT molecular complexity index is 459. The molecule has 1 fully saturated rings. The Morgan fingerprint density at radius 1 is 1.47 bits per heavy atom. The topological polar surface area (TPSA) is 70.5 Å². The van der Waals surface area contributed by atoms with Crippen molar-refractivity contribution in [2.24, 2.45) is 5.92 Å². The molecule has 2 unspecified atom stereocenters. The molecule has 1 aliphatic heterocycles. The number of nitrogens with zero attached hydrogens (tertiary/aromatic N) is 2. The first-order valence-electron chi connectivity index (χ1n) is 6.57. The quantitative estimate of drug-likeness (QED) is 0.902. The molecule has 1 aromatic heterocycles. The largest absolute Gasteiger partial charge is 0.481 e. The lowest BCUT2D eigenvalue weighted by molar-refractivity contribution is -0.146. The zero-order chi connectivity index (χ0) is 13.8. The van der Waals surface area contributed by atoms with E-state index in [2.05, 4.69) is 4.98 Å². The summed E-state index contributed by atoms with van der Waals surface area (Å²) in [6.45, 7) is 2.41. The van der Waals surface area contributed by atoms with Gasteiger partial charge in [0.05, 0.1) is 12.0 Å². The zero-order valence-corrected chi connectivity index (χ0v) is 11.0. The van der Waals surface area contributed by atoms with E-state index in [1.54, 1.807) is 29.4 Å². The summed E-state index contributed by atoms with van der Waals surface area (Å²) < 4.78 is 0. The van der Waals surface area contributed by atoms with Crippen LogP contribution in [0.4, 0.5) is 0 Å². The molecule has 2 rings (SSSR count). The summed E-state index contributed by atoms with van der Waals surface area (Å²) in [7, 11) is 0. The van der Waals surface area contributed by atoms with Crippen LogP contribution < -0.4 is 0 Å². The second-order valence-electron chi connectivity index (χ2n) is 4.74. The molecule has 102 valence electrons. The number of carboxylic acid groups (broad SMARTS) is 1. The predicted molar refractivity (Wildman–Crippen MR) is 69.3 cm³/mol. The molecule has 19 heavy (non-hydrogen) atoms. The van der Waals surface area contributed by atoms with E-state index in [1.165, 1.54) is 0 Å². The molecule has 1 amide bonds. The Kier molecular flexibility index (Phi) is 4.14. The molecular weight excluding hydrogens is 244 g/mol. The molecule has 1 aliphatic rings. The number of aliphatic carboxylic acids is 1. The van der Waals surface area contributed by atoms with Crippen molar-refractivity contribution in [1.82, 2.24) is 9.88 Å². The molecule has 2 heterocycles. The van der Waals surface area contributed by atoms with Gasteiger partial charge < -0.3 is 10.0 Å². The summed E-state index contributed by atoms with van der Waals surface area (Å²) >= 11 is 0. The minimum absolute atomic E-state index is 0.0352. The van der Waals surface area contributed by atoms with E-state index in [-0.39, 0.29) is 11.9 Å². The Morgan fingerprint density at radius 2 is 2.16 bits per heavy atom. The van der Waals surface area contributed by atoms with Crippen LogP contribution in [0.1, 0.15) is 37.8 Å². The minimum atomic E-state index is -0.838. The monoisotopic (exact) mass is 262 g/mol. The van der Waals surface area contributed by atoms with Crippen LogP contribution in [0.15, 0.2) is 24.5 Å². The van der Waals surface area contributed by atoms with Crippen LogP contribution in [0.5, 0.6) is 0 Å². The highest BCUT2D eigenvalue weighted by molar-refractivity contribution is 5.79. The number of carbonyl (C=O) groups excluding carboxylic acids is 1. The minimum Gasteiger partial charge on any atom is -0.481 e. The number of likely N-dealkylation sites (tertiary alicyclic amines) is 1. The molecule has 2 atom stereocenters. The highest BCUT2D eigenvalue weighted by atomic mass is 16.4. The molecule has 0 saturated carbocycles. The van der Waals surface area contributed by atoms with Gasteiger partial charge in [0.1, 0.15) is 0 Å². The number of hydrogen-bond acceptors (Lipinski definition) is 3. The van der Waals surface area contributed by atoms with Crippen LogP contribution in [0.2, 0.25) is 0 Å². The SMILES string of the molecule is CCN1C(=O)CCCC(C(=O)O)C1c1ccncc1. The number of rotatable bonds is 3. The van der Waals surface area contributed by atoms with Gasteiger partial charge in [0, 0.05) is 25.4 Å². The standard InChI is InChI=1S/C14H18N2O3/c1-2-16-12(17)5-3-4-11(14(18)19)13(16)10-6-8-15-9-7-10/h6-9,11,13H,2-5H2,1H3,(H,18,19). The number of carbonyl (C=O) groups is 2. The first kappa shape index (κ1) is 13.5. The van der Waals surface area contributed by atoms with Crippen molar-refractivity contribution in [3.63, 3.8) is 0 Å². The van der Waals surface area contributed by atoms with Crippen LogP contribution in [-0.2, 0) is 9.59 Å². The fourth-order valence-corrected chi connectivity index (χ4v) is 2.75. The third-order valence-corrected chi connectivity index (χ3v) is 3.65. The van der Waals surface area contributed by atoms with E-state index >= 15 is 0 Å². The van der Waals surface area contributed by atoms with Crippen LogP contribution in [0.25, 0.3) is 0 Å². The summed E-state index contributed by atoms with van der Waals surface area (Å²) in [6, 6.07) is 3.20. The number of aromatic nitrogens is 1. The maximum atomic E-state index is 12.1. The maximum Gasteiger partial charge on any atom is 0.308 e. The van der Waals surface area contributed by atoms with Gasteiger partial charge in [-0.2, -0.15) is 0 Å². The highest BCUT2D eigenvalue weighted by Gasteiger charge is 2.37. The molecular formula is C14H18N2O3.